The number of hydrogen-bond donors (Lipinski definition) is 1. The average Bonchev–Trinajstić information content (AvgIpc) is 2.34. The molecule has 4 nitrogen and oxygen atoms in total. The fourth-order valence-corrected chi connectivity index (χ4v) is 1.07. The number of halogens is 1. The van der Waals surface area contributed by atoms with E-state index in [1.807, 2.05) is 0 Å². The van der Waals surface area contributed by atoms with Crippen molar-refractivity contribution < 1.29 is 4.42 Å². The predicted octanol–water partition coefficient (Wildman–Crippen LogP) is 1.46. The van der Waals surface area contributed by atoms with Crippen molar-refractivity contribution in [2.45, 2.75) is 0 Å². The first-order chi connectivity index (χ1) is 5.27. The molecule has 56 valence electrons. The number of furan rings is 1. The van der Waals surface area contributed by atoms with Gasteiger partial charge in [-0.15, -0.1) is 0 Å². The van der Waals surface area contributed by atoms with E-state index >= 15 is 0 Å². The quantitative estimate of drug-likeness (QED) is 0.607. The minimum Gasteiger partial charge on any atom is -0.459 e. The molecule has 2 rings (SSSR count). The Morgan fingerprint density at radius 3 is 3.09 bits per heavy atom. The molecule has 0 saturated carbocycles. The zero-order chi connectivity index (χ0) is 7.84. The van der Waals surface area contributed by atoms with Crippen molar-refractivity contribution in [1.29, 1.82) is 0 Å². The van der Waals surface area contributed by atoms with Crippen LogP contribution in [-0.4, -0.2) is 9.97 Å². The lowest BCUT2D eigenvalue weighted by Gasteiger charge is -1.92. The maximum absolute atomic E-state index is 5.68. The van der Waals surface area contributed by atoms with Crippen LogP contribution in [0, 0.1) is 0 Å². The van der Waals surface area contributed by atoms with E-state index in [4.69, 9.17) is 21.8 Å². The first kappa shape index (κ1) is 6.42. The van der Waals surface area contributed by atoms with Gasteiger partial charge in [-0.1, -0.05) is 11.6 Å². The number of aromatic nitrogens is 2. The molecule has 0 aliphatic rings. The van der Waals surface area contributed by atoms with Crippen LogP contribution >= 0.6 is 11.6 Å². The number of nitrogen functional groups attached to an aromatic ring is 1. The molecule has 2 heterocycles. The number of hydrogen-bond acceptors (Lipinski definition) is 4. The van der Waals surface area contributed by atoms with Gasteiger partial charge in [0.25, 0.3) is 0 Å². The number of rotatable bonds is 0. The van der Waals surface area contributed by atoms with E-state index in [-0.39, 0.29) is 11.1 Å². The molecule has 0 aliphatic carbocycles. The highest BCUT2D eigenvalue weighted by Gasteiger charge is 2.05. The number of nitrogens with two attached hydrogens (primary N) is 1. The van der Waals surface area contributed by atoms with Gasteiger partial charge in [0.2, 0.25) is 5.95 Å². The molecule has 0 bridgehead atoms. The summed E-state index contributed by atoms with van der Waals surface area (Å²) < 4.78 is 4.99. The maximum atomic E-state index is 5.68. The van der Waals surface area contributed by atoms with E-state index in [1.54, 1.807) is 6.07 Å². The lowest BCUT2D eigenvalue weighted by molar-refractivity contribution is 0.614. The normalized spacial score (nSPS) is 10.6. The Morgan fingerprint density at radius 2 is 2.27 bits per heavy atom. The van der Waals surface area contributed by atoms with Crippen LogP contribution in [0.15, 0.2) is 16.7 Å². The van der Waals surface area contributed by atoms with Crippen LogP contribution in [0.2, 0.25) is 5.15 Å². The van der Waals surface area contributed by atoms with Gasteiger partial charge in [0, 0.05) is 6.07 Å². The van der Waals surface area contributed by atoms with Crippen LogP contribution < -0.4 is 5.73 Å². The standard InChI is InChI=1S/C6H4ClN3O/c7-5-4-3(1-2-11-4)9-6(8)10-5/h1-2H,(H2,8,9,10). The minimum absolute atomic E-state index is 0.156. The summed E-state index contributed by atoms with van der Waals surface area (Å²) in [4.78, 5) is 7.60. The summed E-state index contributed by atoms with van der Waals surface area (Å²) in [7, 11) is 0. The first-order valence-corrected chi connectivity index (χ1v) is 3.31. The van der Waals surface area contributed by atoms with Gasteiger partial charge in [0.15, 0.2) is 10.7 Å². The summed E-state index contributed by atoms with van der Waals surface area (Å²) in [6, 6.07) is 1.68. The van der Waals surface area contributed by atoms with Crippen LogP contribution in [0.1, 0.15) is 0 Å². The van der Waals surface area contributed by atoms with Crippen molar-refractivity contribution in [3.63, 3.8) is 0 Å². The van der Waals surface area contributed by atoms with Crippen LogP contribution in [-0.2, 0) is 0 Å². The lowest BCUT2D eigenvalue weighted by Crippen LogP contribution is -1.93. The monoisotopic (exact) mass is 169 g/mol. The molecule has 2 aromatic heterocycles. The Kier molecular flexibility index (Phi) is 1.22. The van der Waals surface area contributed by atoms with E-state index < -0.39 is 0 Å². The smallest absolute Gasteiger partial charge is 0.222 e. The van der Waals surface area contributed by atoms with E-state index in [2.05, 4.69) is 9.97 Å². The number of nitrogens with zero attached hydrogens (tertiary/aromatic N) is 2. The second-order valence-electron chi connectivity index (χ2n) is 2.01. The number of anilines is 1. The Morgan fingerprint density at radius 1 is 1.45 bits per heavy atom. The van der Waals surface area contributed by atoms with Crippen LogP contribution in [0.3, 0.4) is 0 Å². The minimum atomic E-state index is 0.156. The highest BCUT2D eigenvalue weighted by molar-refractivity contribution is 6.33. The zero-order valence-electron chi connectivity index (χ0n) is 5.41. The molecule has 0 unspecified atom stereocenters. The Hall–Kier alpha value is -1.29. The van der Waals surface area contributed by atoms with Gasteiger partial charge in [-0.25, -0.2) is 4.98 Å². The van der Waals surface area contributed by atoms with Crippen LogP contribution in [0.25, 0.3) is 11.1 Å². The Labute approximate surface area is 67.0 Å². The molecule has 0 amide bonds. The largest absolute Gasteiger partial charge is 0.459 e. The molecule has 0 radical (unpaired) electrons. The van der Waals surface area contributed by atoms with Gasteiger partial charge in [0.1, 0.15) is 5.52 Å². The average molecular weight is 170 g/mol. The summed E-state index contributed by atoms with van der Waals surface area (Å²) in [6.45, 7) is 0. The predicted molar refractivity (Wildman–Crippen MR) is 41.2 cm³/mol. The molecular weight excluding hydrogens is 166 g/mol. The van der Waals surface area contributed by atoms with E-state index in [0.717, 1.165) is 0 Å². The van der Waals surface area contributed by atoms with Crippen molar-refractivity contribution in [1.82, 2.24) is 9.97 Å². The molecule has 2 N–H and O–H groups in total. The Bertz CT molecular complexity index is 398. The molecule has 2 aromatic rings. The van der Waals surface area contributed by atoms with E-state index in [0.29, 0.717) is 11.1 Å². The molecule has 0 aromatic carbocycles. The number of fused-ring (bicyclic) bond motifs is 1. The summed E-state index contributed by atoms with van der Waals surface area (Å²) >= 11 is 5.68. The first-order valence-electron chi connectivity index (χ1n) is 2.93. The molecule has 0 fully saturated rings. The molecule has 0 spiro atoms. The second-order valence-corrected chi connectivity index (χ2v) is 2.37. The van der Waals surface area contributed by atoms with Crippen molar-refractivity contribution in [3.05, 3.63) is 17.5 Å². The van der Waals surface area contributed by atoms with Gasteiger partial charge in [-0.3, -0.25) is 0 Å². The van der Waals surface area contributed by atoms with Gasteiger partial charge >= 0.3 is 0 Å². The van der Waals surface area contributed by atoms with Crippen molar-refractivity contribution in [2.75, 3.05) is 5.73 Å². The summed E-state index contributed by atoms with van der Waals surface area (Å²) in [5.74, 6) is 0.156. The van der Waals surface area contributed by atoms with Gasteiger partial charge in [-0.2, -0.15) is 4.98 Å². The molecule has 0 aliphatic heterocycles. The van der Waals surface area contributed by atoms with E-state index in [1.165, 1.54) is 6.26 Å². The van der Waals surface area contributed by atoms with Gasteiger partial charge in [-0.05, 0) is 0 Å². The zero-order valence-corrected chi connectivity index (χ0v) is 6.17. The SMILES string of the molecule is Nc1nc(Cl)c2occc2n1. The van der Waals surface area contributed by atoms with Gasteiger partial charge in [0.05, 0.1) is 6.26 Å². The highest BCUT2D eigenvalue weighted by Crippen LogP contribution is 2.21. The maximum Gasteiger partial charge on any atom is 0.222 e. The molecule has 0 atom stereocenters. The molecule has 5 heteroatoms. The van der Waals surface area contributed by atoms with E-state index in [9.17, 15) is 0 Å². The molecular formula is C6H4ClN3O. The fourth-order valence-electron chi connectivity index (χ4n) is 0.845. The van der Waals surface area contributed by atoms with Crippen LogP contribution in [0.4, 0.5) is 5.95 Å². The van der Waals surface area contributed by atoms with Crippen molar-refractivity contribution in [2.24, 2.45) is 0 Å². The fraction of sp³-hybridized carbons (Fsp3) is 0. The second kappa shape index (κ2) is 2.10. The van der Waals surface area contributed by atoms with Crippen molar-refractivity contribution in [3.8, 4) is 0 Å². The summed E-state index contributed by atoms with van der Waals surface area (Å²) in [5, 5.41) is 0.248. The summed E-state index contributed by atoms with van der Waals surface area (Å²) in [6.07, 6.45) is 1.49. The molecule has 11 heavy (non-hydrogen) atoms. The Balaban J connectivity index is 2.91. The lowest BCUT2D eigenvalue weighted by atomic mass is 10.5. The van der Waals surface area contributed by atoms with Crippen LogP contribution in [0.5, 0.6) is 0 Å². The molecule has 0 saturated heterocycles. The van der Waals surface area contributed by atoms with Crippen molar-refractivity contribution >= 4 is 28.6 Å². The third-order valence-electron chi connectivity index (χ3n) is 1.28. The third-order valence-corrected chi connectivity index (χ3v) is 1.54. The third kappa shape index (κ3) is 0.914. The summed E-state index contributed by atoms with van der Waals surface area (Å²) in [5.41, 5.74) is 6.44. The highest BCUT2D eigenvalue weighted by atomic mass is 35.5. The topological polar surface area (TPSA) is 64.9 Å². The van der Waals surface area contributed by atoms with Gasteiger partial charge < -0.3 is 10.2 Å².